The molecule has 4 nitrogen and oxygen atoms in total. The van der Waals surface area contributed by atoms with Crippen molar-refractivity contribution in [2.75, 3.05) is 13.1 Å². The van der Waals surface area contributed by atoms with Crippen molar-refractivity contribution < 1.29 is 13.6 Å². The monoisotopic (exact) mass is 298 g/mol. The number of aromatic nitrogens is 1. The van der Waals surface area contributed by atoms with E-state index in [9.17, 15) is 18.4 Å². The number of hydrogen-bond donors (Lipinski definition) is 0. The summed E-state index contributed by atoms with van der Waals surface area (Å²) in [6, 6.07) is 3.46. The summed E-state index contributed by atoms with van der Waals surface area (Å²) in [6.45, 7) is -0.672. The molecule has 7 heteroatoms. The Morgan fingerprint density at radius 1 is 1.30 bits per heavy atom. The van der Waals surface area contributed by atoms with Crippen molar-refractivity contribution in [3.63, 3.8) is 0 Å². The molecule has 1 aliphatic heterocycles. The van der Waals surface area contributed by atoms with Crippen molar-refractivity contribution in [3.8, 4) is 0 Å². The van der Waals surface area contributed by atoms with Crippen molar-refractivity contribution in [2.45, 2.75) is 18.9 Å². The van der Waals surface area contributed by atoms with Gasteiger partial charge >= 0.3 is 0 Å². The molecule has 0 N–H and O–H groups in total. The molecule has 2 aromatic rings. The smallest absolute Gasteiger partial charge is 0.259 e. The number of rotatable bonds is 2. The van der Waals surface area contributed by atoms with Crippen molar-refractivity contribution in [2.24, 2.45) is 0 Å². The number of halogens is 2. The van der Waals surface area contributed by atoms with Crippen LogP contribution in [0.3, 0.4) is 0 Å². The summed E-state index contributed by atoms with van der Waals surface area (Å²) in [5, 5.41) is 2.36. The fourth-order valence-corrected chi connectivity index (χ4v) is 3.08. The highest BCUT2D eigenvalue weighted by atomic mass is 32.1. The van der Waals surface area contributed by atoms with E-state index in [1.807, 2.05) is 0 Å². The van der Waals surface area contributed by atoms with E-state index >= 15 is 0 Å². The van der Waals surface area contributed by atoms with Crippen LogP contribution in [0.4, 0.5) is 8.78 Å². The summed E-state index contributed by atoms with van der Waals surface area (Å²) in [7, 11) is 0. The molecular weight excluding hydrogens is 286 g/mol. The summed E-state index contributed by atoms with van der Waals surface area (Å²) in [5.41, 5.74) is -0.259. The van der Waals surface area contributed by atoms with Crippen molar-refractivity contribution in [3.05, 3.63) is 34.1 Å². The molecule has 0 radical (unpaired) electrons. The Morgan fingerprint density at radius 3 is 2.70 bits per heavy atom. The van der Waals surface area contributed by atoms with E-state index in [0.717, 1.165) is 9.60 Å². The van der Waals surface area contributed by atoms with Gasteiger partial charge in [-0.3, -0.25) is 9.59 Å². The number of pyridine rings is 1. The average Bonchev–Trinajstić information content (AvgIpc) is 3.01. The highest BCUT2D eigenvalue weighted by Crippen LogP contribution is 2.18. The summed E-state index contributed by atoms with van der Waals surface area (Å²) < 4.78 is 28.3. The van der Waals surface area contributed by atoms with Crippen LogP contribution in [0.15, 0.2) is 28.5 Å². The van der Waals surface area contributed by atoms with Gasteiger partial charge in [0.15, 0.2) is 12.3 Å². The molecule has 0 saturated carbocycles. The first-order valence-electron chi connectivity index (χ1n) is 6.19. The van der Waals surface area contributed by atoms with E-state index in [-0.39, 0.29) is 25.2 Å². The maximum absolute atomic E-state index is 13.1. The fraction of sp³-hybridized carbons (Fsp3) is 0.385. The fourth-order valence-electron chi connectivity index (χ4n) is 2.31. The predicted molar refractivity (Wildman–Crippen MR) is 72.5 cm³/mol. The number of carbonyl (C=O) groups excluding carboxylic acids is 1. The molecule has 0 spiro atoms. The lowest BCUT2D eigenvalue weighted by Gasteiger charge is -2.15. The Morgan fingerprint density at radius 2 is 2.00 bits per heavy atom. The van der Waals surface area contributed by atoms with Gasteiger partial charge in [0.25, 0.3) is 5.56 Å². The first-order valence-corrected chi connectivity index (χ1v) is 7.07. The first kappa shape index (κ1) is 13.2. The molecule has 3 heterocycles. The Labute approximate surface area is 117 Å². The zero-order valence-corrected chi connectivity index (χ0v) is 11.3. The molecular formula is C13H12F2N2O2S. The lowest BCUT2D eigenvalue weighted by atomic mass is 10.3. The zero-order chi connectivity index (χ0) is 14.3. The molecule has 0 bridgehead atoms. The number of nitrogens with zero attached hydrogens (tertiary/aromatic N) is 2. The lowest BCUT2D eigenvalue weighted by molar-refractivity contribution is -0.131. The van der Waals surface area contributed by atoms with Crippen LogP contribution < -0.4 is 5.56 Å². The van der Waals surface area contributed by atoms with E-state index in [0.29, 0.717) is 5.39 Å². The van der Waals surface area contributed by atoms with Crippen LogP contribution in [-0.4, -0.2) is 40.8 Å². The van der Waals surface area contributed by atoms with E-state index in [1.165, 1.54) is 22.1 Å². The van der Waals surface area contributed by atoms with Gasteiger partial charge in [0.1, 0.15) is 6.54 Å². The van der Waals surface area contributed by atoms with Crippen LogP contribution in [0, 0.1) is 0 Å². The van der Waals surface area contributed by atoms with Crippen LogP contribution in [0.2, 0.25) is 0 Å². The standard InChI is InChI=1S/C13H12F2N2O2S/c14-9-5-17(6-10(9)15)12(18)7-16-3-1-11-8(13(16)19)2-4-20-11/h1-4,9-10H,5-7H2. The SMILES string of the molecule is O=C(Cn1ccc2sccc2c1=O)N1CC(F)C(F)C1. The average molecular weight is 298 g/mol. The number of alkyl halides is 2. The number of likely N-dealkylation sites (tertiary alicyclic amines) is 1. The quantitative estimate of drug-likeness (QED) is 0.845. The van der Waals surface area contributed by atoms with Crippen LogP contribution in [-0.2, 0) is 11.3 Å². The Balaban J connectivity index is 1.81. The third-order valence-corrected chi connectivity index (χ3v) is 4.31. The molecule has 1 aliphatic rings. The van der Waals surface area contributed by atoms with Crippen LogP contribution >= 0.6 is 11.3 Å². The summed E-state index contributed by atoms with van der Waals surface area (Å²) >= 11 is 1.45. The second kappa shape index (κ2) is 4.97. The van der Waals surface area contributed by atoms with Crippen molar-refractivity contribution >= 4 is 27.3 Å². The molecule has 1 saturated heterocycles. The molecule has 0 aromatic carbocycles. The second-order valence-electron chi connectivity index (χ2n) is 4.78. The van der Waals surface area contributed by atoms with Crippen molar-refractivity contribution in [1.82, 2.24) is 9.47 Å². The highest BCUT2D eigenvalue weighted by Gasteiger charge is 2.35. The number of fused-ring (bicyclic) bond motifs is 1. The van der Waals surface area contributed by atoms with E-state index < -0.39 is 18.3 Å². The molecule has 0 aliphatic carbocycles. The van der Waals surface area contributed by atoms with E-state index in [1.54, 1.807) is 17.5 Å². The van der Waals surface area contributed by atoms with Crippen LogP contribution in [0.1, 0.15) is 0 Å². The number of amides is 1. The third kappa shape index (κ3) is 2.22. The summed E-state index contributed by atoms with van der Waals surface area (Å²) in [5.74, 6) is -0.440. The van der Waals surface area contributed by atoms with Crippen LogP contribution in [0.25, 0.3) is 10.1 Å². The van der Waals surface area contributed by atoms with Gasteiger partial charge in [-0.15, -0.1) is 11.3 Å². The maximum Gasteiger partial charge on any atom is 0.259 e. The van der Waals surface area contributed by atoms with Gasteiger partial charge < -0.3 is 9.47 Å². The topological polar surface area (TPSA) is 42.3 Å². The molecule has 2 unspecified atom stereocenters. The first-order chi connectivity index (χ1) is 9.56. The molecule has 1 amide bonds. The molecule has 3 rings (SSSR count). The highest BCUT2D eigenvalue weighted by molar-refractivity contribution is 7.17. The minimum absolute atomic E-state index is 0.190. The maximum atomic E-state index is 13.1. The molecule has 2 atom stereocenters. The minimum atomic E-state index is -1.63. The van der Waals surface area contributed by atoms with Gasteiger partial charge in [-0.2, -0.15) is 0 Å². The number of carbonyl (C=O) groups is 1. The van der Waals surface area contributed by atoms with Gasteiger partial charge in [-0.25, -0.2) is 8.78 Å². The largest absolute Gasteiger partial charge is 0.335 e. The van der Waals surface area contributed by atoms with E-state index in [2.05, 4.69) is 0 Å². The molecule has 2 aromatic heterocycles. The van der Waals surface area contributed by atoms with E-state index in [4.69, 9.17) is 0 Å². The Hall–Kier alpha value is -1.76. The molecule has 1 fully saturated rings. The third-order valence-electron chi connectivity index (χ3n) is 3.43. The van der Waals surface area contributed by atoms with Crippen molar-refractivity contribution in [1.29, 1.82) is 0 Å². The molecule has 106 valence electrons. The second-order valence-corrected chi connectivity index (χ2v) is 5.73. The Kier molecular flexibility index (Phi) is 3.29. The minimum Gasteiger partial charge on any atom is -0.335 e. The lowest BCUT2D eigenvalue weighted by Crippen LogP contribution is -2.35. The summed E-state index contributed by atoms with van der Waals surface area (Å²) in [6.07, 6.45) is -1.72. The van der Waals surface area contributed by atoms with Gasteiger partial charge in [-0.05, 0) is 17.5 Å². The van der Waals surface area contributed by atoms with Gasteiger partial charge in [-0.1, -0.05) is 0 Å². The molecule has 20 heavy (non-hydrogen) atoms. The number of hydrogen-bond acceptors (Lipinski definition) is 3. The zero-order valence-electron chi connectivity index (χ0n) is 10.5. The van der Waals surface area contributed by atoms with Gasteiger partial charge in [0.05, 0.1) is 18.5 Å². The van der Waals surface area contributed by atoms with Gasteiger partial charge in [0.2, 0.25) is 5.91 Å². The Bertz CT molecular complexity index is 702. The van der Waals surface area contributed by atoms with Crippen LogP contribution in [0.5, 0.6) is 0 Å². The van der Waals surface area contributed by atoms with Gasteiger partial charge in [0, 0.05) is 10.9 Å². The predicted octanol–water partition coefficient (Wildman–Crippen LogP) is 1.58. The normalized spacial score (nSPS) is 22.6. The summed E-state index contributed by atoms with van der Waals surface area (Å²) in [4.78, 5) is 25.2. The number of thiophene rings is 1.